The zero-order valence-corrected chi connectivity index (χ0v) is 19.4. The van der Waals surface area contributed by atoms with E-state index in [-0.39, 0.29) is 25.6 Å². The highest BCUT2D eigenvalue weighted by molar-refractivity contribution is 7.88. The molecule has 0 bridgehead atoms. The summed E-state index contributed by atoms with van der Waals surface area (Å²) < 4.78 is 58.0. The SMILES string of the molecule is CCc1cccc(CNC[C@@H](O)[C@H](Cc2cc(F)cc(F)c2)N2C=C(NS(C)(=O)=O)OC2)c1. The normalized spacial score (nSPS) is 15.7. The predicted molar refractivity (Wildman–Crippen MR) is 121 cm³/mol. The Morgan fingerprint density at radius 1 is 1.12 bits per heavy atom. The Bertz CT molecular complexity index is 1070. The highest BCUT2D eigenvalue weighted by Gasteiger charge is 2.29. The summed E-state index contributed by atoms with van der Waals surface area (Å²) in [5, 5.41) is 14.2. The first kappa shape index (κ1) is 24.9. The molecule has 0 aromatic heterocycles. The summed E-state index contributed by atoms with van der Waals surface area (Å²) >= 11 is 0. The van der Waals surface area contributed by atoms with Crippen molar-refractivity contribution in [2.24, 2.45) is 0 Å². The number of aliphatic hydroxyl groups is 1. The molecule has 180 valence electrons. The molecule has 0 saturated heterocycles. The molecule has 2 aromatic rings. The van der Waals surface area contributed by atoms with E-state index in [4.69, 9.17) is 4.74 Å². The standard InChI is InChI=1S/C23H29F2N3O4S/c1-3-16-5-4-6-17(7-16)12-26-13-22(29)21(10-18-8-19(24)11-20(25)9-18)28-14-23(32-15-28)27-33(2,30)31/h4-9,11,14,21-22,26-27,29H,3,10,12-13,15H2,1-2H3/t21-,22+/m0/s1. The summed E-state index contributed by atoms with van der Waals surface area (Å²) in [4.78, 5) is 1.61. The molecule has 1 aliphatic rings. The van der Waals surface area contributed by atoms with Crippen molar-refractivity contribution in [3.63, 3.8) is 0 Å². The van der Waals surface area contributed by atoms with Crippen LogP contribution in [0.25, 0.3) is 0 Å². The van der Waals surface area contributed by atoms with Gasteiger partial charge in [0.05, 0.1) is 24.6 Å². The van der Waals surface area contributed by atoms with Gasteiger partial charge in [0.2, 0.25) is 15.9 Å². The second-order valence-electron chi connectivity index (χ2n) is 8.08. The summed E-state index contributed by atoms with van der Waals surface area (Å²) in [5.41, 5.74) is 2.66. The number of benzene rings is 2. The van der Waals surface area contributed by atoms with Gasteiger partial charge in [-0.1, -0.05) is 31.2 Å². The predicted octanol–water partition coefficient (Wildman–Crippen LogP) is 2.23. The van der Waals surface area contributed by atoms with Crippen molar-refractivity contribution in [3.05, 3.63) is 82.9 Å². The smallest absolute Gasteiger partial charge is 0.232 e. The number of rotatable bonds is 11. The number of hydrogen-bond donors (Lipinski definition) is 3. The van der Waals surface area contributed by atoms with Crippen LogP contribution in [0, 0.1) is 11.6 Å². The Kier molecular flexibility index (Phi) is 8.28. The van der Waals surface area contributed by atoms with Crippen LogP contribution in [0.1, 0.15) is 23.6 Å². The van der Waals surface area contributed by atoms with Crippen LogP contribution < -0.4 is 10.0 Å². The summed E-state index contributed by atoms with van der Waals surface area (Å²) in [6.45, 7) is 2.81. The van der Waals surface area contributed by atoms with Crippen LogP contribution in [0.3, 0.4) is 0 Å². The van der Waals surface area contributed by atoms with Gasteiger partial charge >= 0.3 is 0 Å². The average Bonchev–Trinajstić information content (AvgIpc) is 3.17. The number of aryl methyl sites for hydroxylation is 1. The Hall–Kier alpha value is -2.69. The first-order valence-electron chi connectivity index (χ1n) is 10.6. The van der Waals surface area contributed by atoms with E-state index in [0.717, 1.165) is 24.3 Å². The minimum absolute atomic E-state index is 0.0179. The molecule has 0 radical (unpaired) electrons. The lowest BCUT2D eigenvalue weighted by atomic mass is 9.99. The van der Waals surface area contributed by atoms with Crippen molar-refractivity contribution in [1.29, 1.82) is 0 Å². The van der Waals surface area contributed by atoms with E-state index in [2.05, 4.69) is 23.0 Å². The maximum atomic E-state index is 13.7. The second kappa shape index (κ2) is 11.0. The number of nitrogens with one attached hydrogen (secondary N) is 2. The molecule has 2 aromatic carbocycles. The van der Waals surface area contributed by atoms with Crippen LogP contribution in [0.2, 0.25) is 0 Å². The van der Waals surface area contributed by atoms with Gasteiger partial charge in [-0.25, -0.2) is 17.2 Å². The van der Waals surface area contributed by atoms with E-state index >= 15 is 0 Å². The fraction of sp³-hybridized carbons (Fsp3) is 0.391. The van der Waals surface area contributed by atoms with E-state index < -0.39 is 33.8 Å². The monoisotopic (exact) mass is 481 g/mol. The fourth-order valence-corrected chi connectivity index (χ4v) is 4.18. The van der Waals surface area contributed by atoms with Crippen LogP contribution in [0.15, 0.2) is 54.5 Å². The molecule has 33 heavy (non-hydrogen) atoms. The van der Waals surface area contributed by atoms with Gasteiger partial charge in [-0.05, 0) is 41.7 Å². The number of hydrogen-bond acceptors (Lipinski definition) is 6. The van der Waals surface area contributed by atoms with Crippen LogP contribution in [0.5, 0.6) is 0 Å². The van der Waals surface area contributed by atoms with Gasteiger partial charge < -0.3 is 20.1 Å². The summed E-state index contributed by atoms with van der Waals surface area (Å²) in [7, 11) is -3.54. The molecule has 0 aliphatic carbocycles. The Balaban J connectivity index is 1.72. The van der Waals surface area contributed by atoms with E-state index in [0.29, 0.717) is 12.1 Å². The molecular formula is C23H29F2N3O4S. The third-order valence-corrected chi connectivity index (χ3v) is 5.83. The van der Waals surface area contributed by atoms with E-state index in [1.54, 1.807) is 4.90 Å². The maximum absolute atomic E-state index is 13.7. The molecule has 3 N–H and O–H groups in total. The quantitative estimate of drug-likeness (QED) is 0.456. The van der Waals surface area contributed by atoms with Gasteiger partial charge in [-0.15, -0.1) is 0 Å². The molecule has 0 spiro atoms. The molecule has 0 fully saturated rings. The Labute approximate surface area is 193 Å². The van der Waals surface area contributed by atoms with Crippen LogP contribution in [-0.4, -0.2) is 50.1 Å². The largest absolute Gasteiger partial charge is 0.456 e. The van der Waals surface area contributed by atoms with Gasteiger partial charge in [0.1, 0.15) is 11.6 Å². The number of ether oxygens (including phenoxy) is 1. The van der Waals surface area contributed by atoms with E-state index in [1.165, 1.54) is 23.9 Å². The van der Waals surface area contributed by atoms with Crippen LogP contribution in [0.4, 0.5) is 8.78 Å². The zero-order valence-electron chi connectivity index (χ0n) is 18.6. The molecule has 7 nitrogen and oxygen atoms in total. The maximum Gasteiger partial charge on any atom is 0.232 e. The third-order valence-electron chi connectivity index (χ3n) is 5.26. The highest BCUT2D eigenvalue weighted by Crippen LogP contribution is 2.20. The van der Waals surface area contributed by atoms with E-state index in [1.807, 2.05) is 18.2 Å². The lowest BCUT2D eigenvalue weighted by Crippen LogP contribution is -2.46. The van der Waals surface area contributed by atoms with Crippen LogP contribution in [-0.2, 0) is 34.1 Å². The molecular weight excluding hydrogens is 452 g/mol. The molecule has 3 rings (SSSR count). The van der Waals surface area contributed by atoms with Gasteiger partial charge in [0.25, 0.3) is 0 Å². The van der Waals surface area contributed by atoms with Crippen molar-refractivity contribution in [2.45, 2.75) is 38.5 Å². The average molecular weight is 482 g/mol. The van der Waals surface area contributed by atoms with Crippen molar-refractivity contribution < 1.29 is 27.0 Å². The molecule has 1 aliphatic heterocycles. The van der Waals surface area contributed by atoms with Gasteiger partial charge in [0, 0.05) is 19.2 Å². The molecule has 10 heteroatoms. The summed E-state index contributed by atoms with van der Waals surface area (Å²) in [5.74, 6) is -1.40. The lowest BCUT2D eigenvalue weighted by Gasteiger charge is -2.31. The minimum atomic E-state index is -3.54. The summed E-state index contributed by atoms with van der Waals surface area (Å²) in [6, 6.07) is 10.7. The number of aliphatic hydroxyl groups excluding tert-OH is 1. The van der Waals surface area contributed by atoms with Crippen molar-refractivity contribution in [3.8, 4) is 0 Å². The van der Waals surface area contributed by atoms with Gasteiger partial charge in [-0.2, -0.15) is 0 Å². The summed E-state index contributed by atoms with van der Waals surface area (Å²) in [6.07, 6.45) is 2.54. The van der Waals surface area contributed by atoms with Gasteiger partial charge in [-0.3, -0.25) is 4.72 Å². The molecule has 0 amide bonds. The fourth-order valence-electron chi connectivity index (χ4n) is 3.70. The second-order valence-corrected chi connectivity index (χ2v) is 9.82. The minimum Gasteiger partial charge on any atom is -0.456 e. The van der Waals surface area contributed by atoms with E-state index in [9.17, 15) is 22.3 Å². The third kappa shape index (κ3) is 7.69. The topological polar surface area (TPSA) is 90.9 Å². The number of sulfonamides is 1. The number of halogens is 2. The lowest BCUT2D eigenvalue weighted by molar-refractivity contribution is 0.0391. The highest BCUT2D eigenvalue weighted by atomic mass is 32.2. The van der Waals surface area contributed by atoms with Crippen molar-refractivity contribution in [1.82, 2.24) is 14.9 Å². The Morgan fingerprint density at radius 3 is 2.48 bits per heavy atom. The first-order valence-corrected chi connectivity index (χ1v) is 12.5. The van der Waals surface area contributed by atoms with Crippen LogP contribution >= 0.6 is 0 Å². The first-order chi connectivity index (χ1) is 15.6. The zero-order chi connectivity index (χ0) is 24.0. The van der Waals surface area contributed by atoms with Gasteiger partial charge in [0.15, 0.2) is 6.73 Å². The molecule has 1 heterocycles. The van der Waals surface area contributed by atoms with Crippen molar-refractivity contribution >= 4 is 10.0 Å². The molecule has 0 saturated carbocycles. The Morgan fingerprint density at radius 2 is 1.82 bits per heavy atom. The van der Waals surface area contributed by atoms with Crippen molar-refractivity contribution in [2.75, 3.05) is 19.5 Å². The molecule has 2 atom stereocenters. The molecule has 0 unspecified atom stereocenters. The number of nitrogens with zero attached hydrogens (tertiary/aromatic N) is 1.